The monoisotopic (exact) mass is 638 g/mol. The molecule has 2 saturated heterocycles. The van der Waals surface area contributed by atoms with Gasteiger partial charge in [0.05, 0.1) is 23.5 Å². The number of rotatable bonds is 11. The van der Waals surface area contributed by atoms with Gasteiger partial charge in [0.25, 0.3) is 5.91 Å². The smallest absolute Gasteiger partial charge is 0.270 e. The van der Waals surface area contributed by atoms with Crippen LogP contribution in [0.25, 0.3) is 6.08 Å². The van der Waals surface area contributed by atoms with E-state index in [0.29, 0.717) is 38.7 Å². The van der Waals surface area contributed by atoms with Crippen LogP contribution in [0, 0.1) is 0 Å². The molecule has 2 aliphatic rings. The molecule has 2 aliphatic heterocycles. The highest BCUT2D eigenvalue weighted by Crippen LogP contribution is 2.37. The number of carbonyl (C=O) groups is 1. The lowest BCUT2D eigenvalue weighted by Gasteiger charge is -2.32. The molecule has 5 rings (SSSR count). The summed E-state index contributed by atoms with van der Waals surface area (Å²) < 4.78 is 37.4. The Morgan fingerprint density at radius 3 is 2.14 bits per heavy atom. The summed E-state index contributed by atoms with van der Waals surface area (Å²) in [6.45, 7) is 6.12. The van der Waals surface area contributed by atoms with Crippen LogP contribution >= 0.6 is 24.0 Å². The maximum Gasteiger partial charge on any atom is 0.270 e. The zero-order valence-electron chi connectivity index (χ0n) is 24.1. The summed E-state index contributed by atoms with van der Waals surface area (Å²) in [6.07, 6.45) is 3.88. The summed E-state index contributed by atoms with van der Waals surface area (Å²) in [7, 11) is -1.18. The van der Waals surface area contributed by atoms with Crippen molar-refractivity contribution in [3.63, 3.8) is 0 Å². The van der Waals surface area contributed by atoms with Gasteiger partial charge in [-0.15, -0.1) is 0 Å². The molecule has 2 fully saturated rings. The van der Waals surface area contributed by atoms with E-state index < -0.39 is 10.0 Å². The van der Waals surface area contributed by atoms with Crippen LogP contribution < -0.4 is 19.1 Å². The fourth-order valence-corrected chi connectivity index (χ4v) is 6.52. The first-order valence-electron chi connectivity index (χ1n) is 13.9. The predicted octanol–water partition coefficient (Wildman–Crippen LogP) is 5.27. The van der Waals surface area contributed by atoms with Crippen molar-refractivity contribution in [3.05, 3.63) is 83.3 Å². The number of hydrogen-bond donors (Lipinski definition) is 1. The normalized spacial score (nSPS) is 17.4. The van der Waals surface area contributed by atoms with E-state index in [1.807, 2.05) is 42.5 Å². The van der Waals surface area contributed by atoms with Crippen LogP contribution in [0.2, 0.25) is 0 Å². The van der Waals surface area contributed by atoms with Gasteiger partial charge in [0.1, 0.15) is 17.2 Å². The maximum absolute atomic E-state index is 13.3. The van der Waals surface area contributed by atoms with E-state index in [4.69, 9.17) is 21.7 Å². The minimum atomic E-state index is -3.34. The van der Waals surface area contributed by atoms with E-state index in [1.165, 1.54) is 11.8 Å². The lowest BCUT2D eigenvalue weighted by molar-refractivity contribution is -0.113. The van der Waals surface area contributed by atoms with Gasteiger partial charge in [0.15, 0.2) is 4.32 Å². The van der Waals surface area contributed by atoms with E-state index in [0.717, 1.165) is 56.7 Å². The van der Waals surface area contributed by atoms with Crippen molar-refractivity contribution in [2.45, 2.75) is 6.42 Å². The number of amides is 1. The van der Waals surface area contributed by atoms with Gasteiger partial charge in [-0.3, -0.25) is 14.4 Å². The highest BCUT2D eigenvalue weighted by molar-refractivity contribution is 8.27. The second kappa shape index (κ2) is 13.9. The molecule has 226 valence electrons. The molecule has 43 heavy (non-hydrogen) atoms. The Morgan fingerprint density at radius 2 is 1.51 bits per heavy atom. The first-order valence-corrected chi connectivity index (χ1v) is 17.0. The number of thioether (sulfide) groups is 1. The lowest BCUT2D eigenvalue weighted by atomic mass is 10.2. The third kappa shape index (κ3) is 8.80. The molecule has 1 N–H and O–H groups in total. The fourth-order valence-electron chi connectivity index (χ4n) is 4.66. The number of nitrogens with one attached hydrogen (secondary N) is 1. The van der Waals surface area contributed by atoms with Gasteiger partial charge in [-0.25, -0.2) is 8.42 Å². The molecule has 0 aromatic heterocycles. The first-order chi connectivity index (χ1) is 20.6. The summed E-state index contributed by atoms with van der Waals surface area (Å²) in [6, 6.07) is 21.4. The van der Waals surface area contributed by atoms with Gasteiger partial charge in [-0.1, -0.05) is 36.1 Å². The topological polar surface area (TPSA) is 91.4 Å². The second-order valence-corrected chi connectivity index (χ2v) is 13.9. The van der Waals surface area contributed by atoms with Crippen molar-refractivity contribution >= 4 is 61.7 Å². The Hall–Kier alpha value is -3.42. The lowest BCUT2D eigenvalue weighted by Crippen LogP contribution is -2.44. The Bertz CT molecular complexity index is 1570. The van der Waals surface area contributed by atoms with Crippen molar-refractivity contribution in [2.24, 2.45) is 0 Å². The zero-order valence-corrected chi connectivity index (χ0v) is 26.5. The largest absolute Gasteiger partial charge is 0.494 e. The molecule has 3 aromatic rings. The SMILES string of the molecule is CN1CCN(CCCOc2ccc(N3C(=O)/C(=C/c4ccc(Oc5ccc(NS(C)(=O)=O)cc5)cc4)SC3=S)cc2)CC1. The number of likely N-dealkylation sites (N-methyl/N-ethyl adjacent to an activating group) is 1. The van der Waals surface area contributed by atoms with Crippen LogP contribution in [-0.2, 0) is 14.8 Å². The number of benzene rings is 3. The highest BCUT2D eigenvalue weighted by atomic mass is 32.2. The van der Waals surface area contributed by atoms with Crippen molar-refractivity contribution in [1.82, 2.24) is 9.80 Å². The molecule has 9 nitrogen and oxygen atoms in total. The molecule has 2 heterocycles. The Morgan fingerprint density at radius 1 is 0.907 bits per heavy atom. The third-order valence-corrected chi connectivity index (χ3v) is 8.85. The van der Waals surface area contributed by atoms with Crippen LogP contribution in [0.1, 0.15) is 12.0 Å². The van der Waals surface area contributed by atoms with E-state index in [9.17, 15) is 13.2 Å². The molecular weight excluding hydrogens is 605 g/mol. The van der Waals surface area contributed by atoms with Gasteiger partial charge >= 0.3 is 0 Å². The molecule has 12 heteroatoms. The number of sulfonamides is 1. The van der Waals surface area contributed by atoms with Gasteiger partial charge in [-0.2, -0.15) is 0 Å². The second-order valence-electron chi connectivity index (χ2n) is 10.4. The minimum Gasteiger partial charge on any atom is -0.494 e. The first kappa shape index (κ1) is 31.0. The van der Waals surface area contributed by atoms with E-state index in [1.54, 1.807) is 41.3 Å². The van der Waals surface area contributed by atoms with Crippen LogP contribution in [0.3, 0.4) is 0 Å². The van der Waals surface area contributed by atoms with Crippen molar-refractivity contribution < 1.29 is 22.7 Å². The van der Waals surface area contributed by atoms with Crippen molar-refractivity contribution in [2.75, 3.05) is 62.3 Å². The summed E-state index contributed by atoms with van der Waals surface area (Å²) in [5.74, 6) is 1.77. The maximum atomic E-state index is 13.3. The average molecular weight is 639 g/mol. The summed E-state index contributed by atoms with van der Waals surface area (Å²) >= 11 is 6.81. The van der Waals surface area contributed by atoms with E-state index >= 15 is 0 Å². The Kier molecular flexibility index (Phi) is 10.0. The summed E-state index contributed by atoms with van der Waals surface area (Å²) in [4.78, 5) is 20.2. The zero-order chi connectivity index (χ0) is 30.4. The van der Waals surface area contributed by atoms with Crippen LogP contribution in [0.5, 0.6) is 17.2 Å². The van der Waals surface area contributed by atoms with Crippen molar-refractivity contribution in [3.8, 4) is 17.2 Å². The Labute approximate surface area is 262 Å². The fraction of sp³-hybridized carbons (Fsp3) is 0.290. The third-order valence-electron chi connectivity index (χ3n) is 6.94. The van der Waals surface area contributed by atoms with Gasteiger partial charge < -0.3 is 19.3 Å². The summed E-state index contributed by atoms with van der Waals surface area (Å²) in [5, 5.41) is 0. The van der Waals surface area contributed by atoms with Crippen LogP contribution in [-0.4, -0.2) is 81.1 Å². The molecule has 0 bridgehead atoms. The summed E-state index contributed by atoms with van der Waals surface area (Å²) in [5.41, 5.74) is 2.00. The molecule has 0 atom stereocenters. The molecule has 3 aromatic carbocycles. The van der Waals surface area contributed by atoms with E-state index in [-0.39, 0.29) is 5.91 Å². The number of thiocarbonyl (C=S) groups is 1. The number of hydrogen-bond acceptors (Lipinski definition) is 9. The van der Waals surface area contributed by atoms with Crippen molar-refractivity contribution in [1.29, 1.82) is 0 Å². The van der Waals surface area contributed by atoms with Gasteiger partial charge in [-0.05, 0) is 85.8 Å². The van der Waals surface area contributed by atoms with Crippen LogP contribution in [0.4, 0.5) is 11.4 Å². The molecule has 0 aliphatic carbocycles. The number of nitrogens with zero attached hydrogens (tertiary/aromatic N) is 3. The van der Waals surface area contributed by atoms with Crippen LogP contribution in [0.15, 0.2) is 77.7 Å². The van der Waals surface area contributed by atoms with Gasteiger partial charge in [0, 0.05) is 38.4 Å². The average Bonchev–Trinajstić information content (AvgIpc) is 3.25. The standard InChI is InChI=1S/C31H34N4O5S3/c1-33-17-19-34(20-18-33)16-3-21-39-26-14-8-25(9-15-26)35-30(36)29(42-31(35)41)22-23-4-10-27(11-5-23)40-28-12-6-24(7-13-28)32-43(2,37)38/h4-15,22,32H,3,16-21H2,1-2H3/b29-22-. The molecule has 0 saturated carbocycles. The molecular formula is C31H34N4O5S3. The van der Waals surface area contributed by atoms with Gasteiger partial charge in [0.2, 0.25) is 10.0 Å². The number of ether oxygens (including phenoxy) is 2. The van der Waals surface area contributed by atoms with E-state index in [2.05, 4.69) is 21.6 Å². The Balaban J connectivity index is 1.13. The predicted molar refractivity (Wildman–Crippen MR) is 178 cm³/mol. The number of piperazine rings is 1. The molecule has 1 amide bonds. The molecule has 0 radical (unpaired) electrons. The molecule has 0 spiro atoms. The highest BCUT2D eigenvalue weighted by Gasteiger charge is 2.33. The minimum absolute atomic E-state index is 0.168. The number of anilines is 2. The molecule has 0 unspecified atom stereocenters. The number of carbonyl (C=O) groups excluding carboxylic acids is 1. The quantitative estimate of drug-likeness (QED) is 0.171.